The lowest BCUT2D eigenvalue weighted by Gasteiger charge is -2.34. The first-order valence-corrected chi connectivity index (χ1v) is 10.1. The molecule has 1 N–H and O–H groups in total. The maximum atomic E-state index is 5.96. The van der Waals surface area contributed by atoms with Crippen molar-refractivity contribution in [1.29, 1.82) is 0 Å². The lowest BCUT2D eigenvalue weighted by molar-refractivity contribution is -0.00805. The minimum atomic E-state index is -0.00755. The van der Waals surface area contributed by atoms with Crippen molar-refractivity contribution in [2.45, 2.75) is 26.5 Å². The number of benzene rings is 1. The Morgan fingerprint density at radius 3 is 2.90 bits per heavy atom. The maximum absolute atomic E-state index is 5.96. The van der Waals surface area contributed by atoms with Crippen molar-refractivity contribution >= 4 is 5.96 Å². The van der Waals surface area contributed by atoms with Crippen LogP contribution < -0.4 is 14.8 Å². The first-order chi connectivity index (χ1) is 14.1. The molecule has 2 aromatic rings. The molecule has 1 unspecified atom stereocenters. The zero-order valence-electron chi connectivity index (χ0n) is 17.7. The largest absolute Gasteiger partial charge is 0.493 e. The van der Waals surface area contributed by atoms with Crippen LogP contribution >= 0.6 is 0 Å². The highest BCUT2D eigenvalue weighted by Crippen LogP contribution is 2.28. The molecule has 1 saturated heterocycles. The van der Waals surface area contributed by atoms with Gasteiger partial charge in [0.15, 0.2) is 17.5 Å². The highest BCUT2D eigenvalue weighted by atomic mass is 16.5. The van der Waals surface area contributed by atoms with E-state index in [4.69, 9.17) is 19.2 Å². The Morgan fingerprint density at radius 1 is 1.34 bits per heavy atom. The van der Waals surface area contributed by atoms with E-state index in [1.54, 1.807) is 11.8 Å². The molecule has 1 aromatic heterocycles. The Kier molecular flexibility index (Phi) is 7.35. The first kappa shape index (κ1) is 21.0. The second kappa shape index (κ2) is 10.2. The number of aryl methyl sites for hydroxylation is 1. The molecular weight excluding hydrogens is 370 g/mol. The Balaban J connectivity index is 1.73. The lowest BCUT2D eigenvalue weighted by Crippen LogP contribution is -2.48. The van der Waals surface area contributed by atoms with Crippen molar-refractivity contribution < 1.29 is 14.2 Å². The molecular formula is C21H31N5O3. The normalized spacial score (nSPS) is 17.3. The summed E-state index contributed by atoms with van der Waals surface area (Å²) in [6, 6.07) is 5.94. The Labute approximate surface area is 172 Å². The molecule has 0 saturated carbocycles. The smallest absolute Gasteiger partial charge is 0.194 e. The average molecular weight is 402 g/mol. The summed E-state index contributed by atoms with van der Waals surface area (Å²) in [5.41, 5.74) is 2.16. The molecule has 1 aliphatic rings. The van der Waals surface area contributed by atoms with Crippen LogP contribution in [0.25, 0.3) is 0 Å². The average Bonchev–Trinajstić information content (AvgIpc) is 3.18. The fourth-order valence-electron chi connectivity index (χ4n) is 3.33. The topological polar surface area (TPSA) is 73.1 Å². The number of aliphatic imine (C=N–C) groups is 1. The second-order valence-electron chi connectivity index (χ2n) is 6.84. The van der Waals surface area contributed by atoms with Crippen molar-refractivity contribution in [2.24, 2.45) is 12.0 Å². The standard InChI is InChI=1S/C21H31N5O3/c1-5-22-21(23-12-16-7-8-18(27-4)19(11-16)28-6-2)26-9-10-29-20(15-26)17-13-24-25(3)14-17/h7-8,11,13-14,20H,5-6,9-10,12,15H2,1-4H3,(H,22,23). The van der Waals surface area contributed by atoms with Crippen molar-refractivity contribution in [3.05, 3.63) is 41.7 Å². The quantitative estimate of drug-likeness (QED) is 0.567. The van der Waals surface area contributed by atoms with Crippen LogP contribution in [0.15, 0.2) is 35.6 Å². The van der Waals surface area contributed by atoms with Gasteiger partial charge in [0, 0.05) is 31.9 Å². The summed E-state index contributed by atoms with van der Waals surface area (Å²) >= 11 is 0. The van der Waals surface area contributed by atoms with Crippen LogP contribution in [-0.2, 0) is 18.3 Å². The van der Waals surface area contributed by atoms with Gasteiger partial charge in [-0.25, -0.2) is 4.99 Å². The van der Waals surface area contributed by atoms with Crippen LogP contribution in [0, 0.1) is 0 Å². The molecule has 1 atom stereocenters. The zero-order valence-corrected chi connectivity index (χ0v) is 17.7. The molecule has 29 heavy (non-hydrogen) atoms. The molecule has 0 aliphatic carbocycles. The molecule has 1 aliphatic heterocycles. The predicted octanol–water partition coefficient (Wildman–Crippen LogP) is 2.37. The molecule has 0 spiro atoms. The van der Waals surface area contributed by atoms with Gasteiger partial charge in [-0.2, -0.15) is 5.10 Å². The summed E-state index contributed by atoms with van der Waals surface area (Å²) in [5, 5.41) is 7.67. The molecule has 2 heterocycles. The lowest BCUT2D eigenvalue weighted by atomic mass is 10.1. The van der Waals surface area contributed by atoms with Crippen LogP contribution in [0.1, 0.15) is 31.1 Å². The number of rotatable bonds is 7. The number of nitrogens with one attached hydrogen (secondary N) is 1. The summed E-state index contributed by atoms with van der Waals surface area (Å²) in [7, 11) is 3.57. The van der Waals surface area contributed by atoms with Gasteiger partial charge < -0.3 is 24.4 Å². The molecule has 8 heteroatoms. The fourth-order valence-corrected chi connectivity index (χ4v) is 3.33. The van der Waals surface area contributed by atoms with E-state index in [1.807, 2.05) is 44.6 Å². The zero-order chi connectivity index (χ0) is 20.6. The van der Waals surface area contributed by atoms with Gasteiger partial charge >= 0.3 is 0 Å². The first-order valence-electron chi connectivity index (χ1n) is 10.1. The SMILES string of the molecule is CCNC(=NCc1ccc(OC)c(OCC)c1)N1CCOC(c2cnn(C)c2)C1. The van der Waals surface area contributed by atoms with Gasteiger partial charge in [0.25, 0.3) is 0 Å². The maximum Gasteiger partial charge on any atom is 0.194 e. The van der Waals surface area contributed by atoms with Crippen LogP contribution in [0.2, 0.25) is 0 Å². The summed E-state index contributed by atoms with van der Waals surface area (Å²) in [6.45, 7) is 8.19. The number of hydrogen-bond acceptors (Lipinski definition) is 5. The molecule has 0 bridgehead atoms. The van der Waals surface area contributed by atoms with Crippen LogP contribution in [0.5, 0.6) is 11.5 Å². The van der Waals surface area contributed by atoms with Crippen molar-refractivity contribution in [1.82, 2.24) is 20.0 Å². The van der Waals surface area contributed by atoms with Crippen LogP contribution in [-0.4, -0.2) is 60.6 Å². The van der Waals surface area contributed by atoms with Crippen LogP contribution in [0.3, 0.4) is 0 Å². The van der Waals surface area contributed by atoms with Crippen molar-refractivity contribution in [3.63, 3.8) is 0 Å². The summed E-state index contributed by atoms with van der Waals surface area (Å²) in [6.07, 6.45) is 3.86. The molecule has 0 amide bonds. The monoisotopic (exact) mass is 401 g/mol. The van der Waals surface area contributed by atoms with E-state index in [-0.39, 0.29) is 6.10 Å². The Bertz CT molecular complexity index is 820. The molecule has 1 fully saturated rings. The molecule has 158 valence electrons. The molecule has 0 radical (unpaired) electrons. The minimum Gasteiger partial charge on any atom is -0.493 e. The third kappa shape index (κ3) is 5.41. The van der Waals surface area contributed by atoms with E-state index in [0.717, 1.165) is 48.2 Å². The highest BCUT2D eigenvalue weighted by Gasteiger charge is 2.25. The third-order valence-electron chi connectivity index (χ3n) is 4.74. The highest BCUT2D eigenvalue weighted by molar-refractivity contribution is 5.80. The summed E-state index contributed by atoms with van der Waals surface area (Å²) in [4.78, 5) is 7.10. The van der Waals surface area contributed by atoms with Gasteiger partial charge in [-0.05, 0) is 31.5 Å². The predicted molar refractivity (Wildman–Crippen MR) is 112 cm³/mol. The third-order valence-corrected chi connectivity index (χ3v) is 4.74. The van der Waals surface area contributed by atoms with E-state index in [0.29, 0.717) is 19.8 Å². The van der Waals surface area contributed by atoms with Crippen molar-refractivity contribution in [2.75, 3.05) is 40.0 Å². The van der Waals surface area contributed by atoms with Gasteiger partial charge in [-0.1, -0.05) is 6.07 Å². The van der Waals surface area contributed by atoms with Gasteiger partial charge in [-0.15, -0.1) is 0 Å². The van der Waals surface area contributed by atoms with Gasteiger partial charge in [-0.3, -0.25) is 4.68 Å². The fraction of sp³-hybridized carbons (Fsp3) is 0.524. The summed E-state index contributed by atoms with van der Waals surface area (Å²) < 4.78 is 18.8. The number of ether oxygens (including phenoxy) is 3. The number of aromatic nitrogens is 2. The van der Waals surface area contributed by atoms with E-state index in [1.165, 1.54) is 0 Å². The molecule has 1 aromatic carbocycles. The number of methoxy groups -OCH3 is 1. The van der Waals surface area contributed by atoms with Gasteiger partial charge in [0.05, 0.1) is 39.6 Å². The number of morpholine rings is 1. The van der Waals surface area contributed by atoms with E-state index < -0.39 is 0 Å². The number of nitrogens with zero attached hydrogens (tertiary/aromatic N) is 4. The number of guanidine groups is 1. The van der Waals surface area contributed by atoms with E-state index in [9.17, 15) is 0 Å². The van der Waals surface area contributed by atoms with Crippen molar-refractivity contribution in [3.8, 4) is 11.5 Å². The number of hydrogen-bond donors (Lipinski definition) is 1. The van der Waals surface area contributed by atoms with Gasteiger partial charge in [0.2, 0.25) is 0 Å². The van der Waals surface area contributed by atoms with E-state index in [2.05, 4.69) is 22.2 Å². The molecule has 8 nitrogen and oxygen atoms in total. The Hall–Kier alpha value is -2.74. The minimum absolute atomic E-state index is 0.00755. The van der Waals surface area contributed by atoms with E-state index >= 15 is 0 Å². The van der Waals surface area contributed by atoms with Crippen LogP contribution in [0.4, 0.5) is 0 Å². The Morgan fingerprint density at radius 2 is 2.21 bits per heavy atom. The molecule has 3 rings (SSSR count). The second-order valence-corrected chi connectivity index (χ2v) is 6.84. The van der Waals surface area contributed by atoms with Gasteiger partial charge in [0.1, 0.15) is 6.10 Å². The summed E-state index contributed by atoms with van der Waals surface area (Å²) in [5.74, 6) is 2.37.